The van der Waals surface area contributed by atoms with Crippen LogP contribution in [0, 0.1) is 0 Å². The van der Waals surface area contributed by atoms with Crippen LogP contribution in [0.15, 0.2) is 176 Å². The molecule has 8 rings (SSSR count). The monoisotopic (exact) mass is 547 g/mol. The zero-order valence-corrected chi connectivity index (χ0v) is 23.7. The van der Waals surface area contributed by atoms with Gasteiger partial charge in [0.2, 0.25) is 0 Å². The van der Waals surface area contributed by atoms with Crippen molar-refractivity contribution in [1.29, 1.82) is 0 Å². The van der Waals surface area contributed by atoms with Crippen molar-refractivity contribution in [2.45, 2.75) is 0 Å². The fourth-order valence-corrected chi connectivity index (χ4v) is 6.38. The van der Waals surface area contributed by atoms with Crippen LogP contribution in [0.5, 0.6) is 0 Å². The summed E-state index contributed by atoms with van der Waals surface area (Å²) in [5.74, 6) is 0. The lowest BCUT2D eigenvalue weighted by molar-refractivity contribution is 1.18. The third-order valence-corrected chi connectivity index (χ3v) is 8.36. The quantitative estimate of drug-likeness (QED) is 0.202. The summed E-state index contributed by atoms with van der Waals surface area (Å²) in [5, 5.41) is 2.49. The molecule has 0 aliphatic carbocycles. The van der Waals surface area contributed by atoms with E-state index < -0.39 is 0 Å². The second kappa shape index (κ2) is 10.6. The van der Waals surface area contributed by atoms with Crippen molar-refractivity contribution < 1.29 is 0 Å². The molecule has 0 saturated heterocycles. The minimum Gasteiger partial charge on any atom is -0.308 e. The van der Waals surface area contributed by atoms with Crippen LogP contribution in [0.3, 0.4) is 0 Å². The molecule has 0 amide bonds. The van der Waals surface area contributed by atoms with Gasteiger partial charge in [-0.2, -0.15) is 0 Å². The summed E-state index contributed by atoms with van der Waals surface area (Å²) < 4.78 is 2.48. The number of benzene rings is 7. The second-order valence-electron chi connectivity index (χ2n) is 11.0. The van der Waals surface area contributed by atoms with Gasteiger partial charge < -0.3 is 4.57 Å². The molecule has 7 aromatic carbocycles. The molecule has 0 unspecified atom stereocenters. The molecule has 0 saturated carbocycles. The van der Waals surface area contributed by atoms with Gasteiger partial charge in [0.25, 0.3) is 0 Å². The highest BCUT2D eigenvalue weighted by Gasteiger charge is 2.22. The molecule has 1 nitrogen and oxygen atoms in total. The van der Waals surface area contributed by atoms with Crippen molar-refractivity contribution in [3.05, 3.63) is 176 Å². The Kier molecular flexibility index (Phi) is 6.20. The average molecular weight is 548 g/mol. The SMILES string of the molecule is c1ccc(-c2cc(-c3ccccc3)c3c(c2)c2cc(-c4ccccc4)cc(-c4ccccc4)c2n3-c2ccccc2)cc1. The Morgan fingerprint density at radius 2 is 0.605 bits per heavy atom. The largest absolute Gasteiger partial charge is 0.308 e. The Morgan fingerprint density at radius 3 is 0.977 bits per heavy atom. The van der Waals surface area contributed by atoms with E-state index in [-0.39, 0.29) is 0 Å². The van der Waals surface area contributed by atoms with Crippen LogP contribution >= 0.6 is 0 Å². The van der Waals surface area contributed by atoms with Crippen molar-refractivity contribution in [2.75, 3.05) is 0 Å². The number of hydrogen-bond acceptors (Lipinski definition) is 0. The first-order chi connectivity index (χ1) is 21.3. The molecule has 8 aromatic rings. The van der Waals surface area contributed by atoms with Crippen LogP contribution in [0.2, 0.25) is 0 Å². The first-order valence-electron chi connectivity index (χ1n) is 14.8. The molecule has 1 aromatic heterocycles. The van der Waals surface area contributed by atoms with Crippen molar-refractivity contribution in [1.82, 2.24) is 4.57 Å². The number of nitrogens with zero attached hydrogens (tertiary/aromatic N) is 1. The number of hydrogen-bond donors (Lipinski definition) is 0. The Balaban J connectivity index is 1.61. The highest BCUT2D eigenvalue weighted by Crippen LogP contribution is 2.45. The molecular formula is C42H29N. The average Bonchev–Trinajstić information content (AvgIpc) is 3.44. The number of rotatable bonds is 5. The Morgan fingerprint density at radius 1 is 0.279 bits per heavy atom. The highest BCUT2D eigenvalue weighted by molar-refractivity contribution is 6.19. The van der Waals surface area contributed by atoms with E-state index in [1.807, 2.05) is 0 Å². The van der Waals surface area contributed by atoms with Gasteiger partial charge in [-0.3, -0.25) is 0 Å². The third kappa shape index (κ3) is 4.43. The summed E-state index contributed by atoms with van der Waals surface area (Å²) in [4.78, 5) is 0. The molecule has 0 spiro atoms. The molecule has 43 heavy (non-hydrogen) atoms. The minimum absolute atomic E-state index is 1.15. The maximum absolute atomic E-state index is 2.48. The maximum Gasteiger partial charge on any atom is 0.0620 e. The first kappa shape index (κ1) is 25.1. The van der Waals surface area contributed by atoms with Crippen LogP contribution < -0.4 is 0 Å². The van der Waals surface area contributed by atoms with E-state index in [1.54, 1.807) is 0 Å². The smallest absolute Gasteiger partial charge is 0.0620 e. The van der Waals surface area contributed by atoms with E-state index in [0.29, 0.717) is 0 Å². The Labute approximate surface area is 251 Å². The Hall–Kier alpha value is -5.66. The van der Waals surface area contributed by atoms with Gasteiger partial charge >= 0.3 is 0 Å². The van der Waals surface area contributed by atoms with Crippen molar-refractivity contribution in [2.24, 2.45) is 0 Å². The molecular weight excluding hydrogens is 518 g/mol. The minimum atomic E-state index is 1.15. The summed E-state index contributed by atoms with van der Waals surface area (Å²) in [7, 11) is 0. The molecule has 0 atom stereocenters. The van der Waals surface area contributed by atoms with Crippen LogP contribution in [0.25, 0.3) is 72.0 Å². The number of aromatic nitrogens is 1. The Bertz CT molecular complexity index is 2040. The predicted molar refractivity (Wildman–Crippen MR) is 183 cm³/mol. The highest BCUT2D eigenvalue weighted by atomic mass is 15.0. The van der Waals surface area contributed by atoms with Crippen LogP contribution in [-0.4, -0.2) is 4.57 Å². The standard InChI is InChI=1S/C42H29N/c1-6-16-30(17-7-1)34-26-37(32-20-10-3-11-21-32)41-39(28-34)40-29-35(31-18-8-2-9-19-31)27-38(33-22-12-4-13-23-33)42(40)43(41)36-24-14-5-15-25-36/h1-29H. The second-order valence-corrected chi connectivity index (χ2v) is 11.0. The van der Waals surface area contributed by atoms with Gasteiger partial charge in [-0.05, 0) is 69.8 Å². The lowest BCUT2D eigenvalue weighted by atomic mass is 9.93. The van der Waals surface area contributed by atoms with E-state index in [1.165, 1.54) is 66.3 Å². The van der Waals surface area contributed by atoms with E-state index in [4.69, 9.17) is 0 Å². The summed E-state index contributed by atoms with van der Waals surface area (Å²) >= 11 is 0. The fraction of sp³-hybridized carbons (Fsp3) is 0. The third-order valence-electron chi connectivity index (χ3n) is 8.36. The van der Waals surface area contributed by atoms with Gasteiger partial charge in [-0.1, -0.05) is 140 Å². The van der Waals surface area contributed by atoms with Crippen LogP contribution in [0.1, 0.15) is 0 Å². The molecule has 0 bridgehead atoms. The molecule has 0 radical (unpaired) electrons. The van der Waals surface area contributed by atoms with E-state index in [9.17, 15) is 0 Å². The lowest BCUT2D eigenvalue weighted by Gasteiger charge is -2.15. The molecule has 0 aliphatic rings. The van der Waals surface area contributed by atoms with Crippen LogP contribution in [0.4, 0.5) is 0 Å². The van der Waals surface area contributed by atoms with Crippen LogP contribution in [-0.2, 0) is 0 Å². The topological polar surface area (TPSA) is 4.93 Å². The zero-order valence-electron chi connectivity index (χ0n) is 23.7. The van der Waals surface area contributed by atoms with E-state index in [2.05, 4.69) is 180 Å². The number of fused-ring (bicyclic) bond motifs is 3. The molecule has 0 fully saturated rings. The van der Waals surface area contributed by atoms with Gasteiger partial charge in [-0.15, -0.1) is 0 Å². The van der Waals surface area contributed by atoms with Crippen molar-refractivity contribution in [3.63, 3.8) is 0 Å². The molecule has 1 heteroatoms. The summed E-state index contributed by atoms with van der Waals surface area (Å²) in [5.41, 5.74) is 13.3. The zero-order chi connectivity index (χ0) is 28.6. The van der Waals surface area contributed by atoms with Gasteiger partial charge in [0.05, 0.1) is 11.0 Å². The fourth-order valence-electron chi connectivity index (χ4n) is 6.38. The number of para-hydroxylation sites is 1. The summed E-state index contributed by atoms with van der Waals surface area (Å²) in [6.07, 6.45) is 0. The molecule has 0 aliphatic heterocycles. The lowest BCUT2D eigenvalue weighted by Crippen LogP contribution is -1.97. The summed E-state index contributed by atoms with van der Waals surface area (Å²) in [6, 6.07) is 63.4. The predicted octanol–water partition coefficient (Wildman–Crippen LogP) is 11.5. The summed E-state index contributed by atoms with van der Waals surface area (Å²) in [6.45, 7) is 0. The van der Waals surface area contributed by atoms with Crippen molar-refractivity contribution in [3.8, 4) is 50.2 Å². The van der Waals surface area contributed by atoms with E-state index in [0.717, 1.165) is 5.69 Å². The van der Waals surface area contributed by atoms with Gasteiger partial charge in [0, 0.05) is 27.6 Å². The van der Waals surface area contributed by atoms with Gasteiger partial charge in [-0.25, -0.2) is 0 Å². The first-order valence-corrected chi connectivity index (χ1v) is 14.8. The molecule has 0 N–H and O–H groups in total. The van der Waals surface area contributed by atoms with Gasteiger partial charge in [0.15, 0.2) is 0 Å². The van der Waals surface area contributed by atoms with Crippen molar-refractivity contribution >= 4 is 21.8 Å². The normalized spacial score (nSPS) is 11.3. The van der Waals surface area contributed by atoms with E-state index >= 15 is 0 Å². The van der Waals surface area contributed by atoms with Gasteiger partial charge in [0.1, 0.15) is 0 Å². The molecule has 202 valence electrons. The maximum atomic E-state index is 2.48. The molecule has 1 heterocycles.